The summed E-state index contributed by atoms with van der Waals surface area (Å²) in [6, 6.07) is 0. The Kier molecular flexibility index (Phi) is 3.94. The summed E-state index contributed by atoms with van der Waals surface area (Å²) < 4.78 is 26.5. The van der Waals surface area contributed by atoms with Crippen LogP contribution in [0.5, 0.6) is 0 Å². The molecule has 0 aromatic carbocycles. The van der Waals surface area contributed by atoms with E-state index >= 15 is 0 Å². The van der Waals surface area contributed by atoms with Crippen molar-refractivity contribution < 1.29 is 8.78 Å². The van der Waals surface area contributed by atoms with Crippen LogP contribution in [0.3, 0.4) is 0 Å². The second-order valence-electron chi connectivity index (χ2n) is 1.14. The van der Waals surface area contributed by atoms with Crippen molar-refractivity contribution in [2.24, 2.45) is 4.51 Å². The van der Waals surface area contributed by atoms with E-state index < -0.39 is 11.2 Å². The van der Waals surface area contributed by atoms with Gasteiger partial charge in [0.1, 0.15) is 0 Å². The molecule has 2 nitrogen and oxygen atoms in total. The van der Waals surface area contributed by atoms with Crippen LogP contribution in [0.15, 0.2) is 4.51 Å². The van der Waals surface area contributed by atoms with Gasteiger partial charge in [0, 0.05) is 35.3 Å². The molecule has 0 atom stereocenters. The monoisotopic (exact) mass is 230 g/mol. The van der Waals surface area contributed by atoms with Gasteiger partial charge in [-0.2, -0.15) is 17.2 Å². The van der Waals surface area contributed by atoms with Crippen molar-refractivity contribution in [1.82, 2.24) is 3.94 Å². The highest BCUT2D eigenvalue weighted by Gasteiger charge is 2.37. The number of amidine groups is 1. The largest absolute Gasteiger partial charge is 0.383 e. The number of rotatable bonds is 1. The van der Waals surface area contributed by atoms with E-state index in [1.165, 1.54) is 0 Å². The first kappa shape index (κ1) is 10.5. The summed E-state index contributed by atoms with van der Waals surface area (Å²) in [4.78, 5) is 0. The number of hydrogen-bond donors (Lipinski definition) is 0. The fourth-order valence-corrected chi connectivity index (χ4v) is 0.976. The topological polar surface area (TPSA) is 15.6 Å². The van der Waals surface area contributed by atoms with Gasteiger partial charge in [-0.1, -0.05) is 0 Å². The van der Waals surface area contributed by atoms with Gasteiger partial charge in [-0.3, -0.25) is 0 Å². The van der Waals surface area contributed by atoms with Crippen LogP contribution >= 0.6 is 46.9 Å². The van der Waals surface area contributed by atoms with Gasteiger partial charge < -0.3 is 0 Å². The van der Waals surface area contributed by atoms with Gasteiger partial charge in [-0.25, -0.2) is 0 Å². The lowest BCUT2D eigenvalue weighted by molar-refractivity contribution is 0.169. The molecule has 0 spiro atoms. The van der Waals surface area contributed by atoms with Crippen LogP contribution in [0, 0.1) is 0 Å². The molecule has 0 radical (unpaired) electrons. The highest BCUT2D eigenvalue weighted by molar-refractivity contribution is 6.48. The summed E-state index contributed by atoms with van der Waals surface area (Å²) in [6.45, 7) is 0. The maximum atomic E-state index is 12.0. The Morgan fingerprint density at radius 2 is 1.80 bits per heavy atom. The zero-order valence-corrected chi connectivity index (χ0v) is 7.19. The van der Waals surface area contributed by atoms with Gasteiger partial charge in [-0.05, 0) is 11.6 Å². The van der Waals surface area contributed by atoms with Gasteiger partial charge in [0.2, 0.25) is 5.84 Å². The van der Waals surface area contributed by atoms with E-state index in [-0.39, 0.29) is 3.94 Å². The predicted octanol–water partition coefficient (Wildman–Crippen LogP) is 2.98. The van der Waals surface area contributed by atoms with Crippen LogP contribution in [0.25, 0.3) is 0 Å². The summed E-state index contributed by atoms with van der Waals surface area (Å²) in [6.07, 6.45) is 0. The van der Waals surface area contributed by atoms with Crippen LogP contribution < -0.4 is 0 Å². The van der Waals surface area contributed by atoms with Crippen LogP contribution in [0.4, 0.5) is 8.78 Å². The first-order valence-corrected chi connectivity index (χ1v) is 3.16. The lowest BCUT2D eigenvalue weighted by Crippen LogP contribution is -2.28. The predicted molar refractivity (Wildman–Crippen MR) is 37.6 cm³/mol. The number of halogens is 6. The SMILES string of the molecule is FC(F)(Cl)C(=NCl)N(Cl)Cl. The van der Waals surface area contributed by atoms with Crippen LogP contribution in [-0.2, 0) is 0 Å². The van der Waals surface area contributed by atoms with Crippen molar-refractivity contribution in [3.05, 3.63) is 0 Å². The van der Waals surface area contributed by atoms with Gasteiger partial charge in [0.05, 0.1) is 0 Å². The number of hydrogen-bond acceptors (Lipinski definition) is 1. The summed E-state index contributed by atoms with van der Waals surface area (Å²) in [7, 11) is 0. The molecule has 0 aliphatic heterocycles. The molecule has 0 saturated heterocycles. The van der Waals surface area contributed by atoms with E-state index in [1.807, 2.05) is 0 Å². The zero-order valence-electron chi connectivity index (χ0n) is 4.16. The molecule has 0 N–H and O–H groups in total. The van der Waals surface area contributed by atoms with E-state index in [9.17, 15) is 8.78 Å². The van der Waals surface area contributed by atoms with Gasteiger partial charge in [-0.15, -0.1) is 0 Å². The molecule has 0 saturated carbocycles. The second-order valence-corrected chi connectivity index (χ2v) is 2.63. The molecule has 8 heteroatoms. The maximum absolute atomic E-state index is 12.0. The lowest BCUT2D eigenvalue weighted by Gasteiger charge is -2.11. The molecule has 0 aromatic rings. The third kappa shape index (κ3) is 3.05. The van der Waals surface area contributed by atoms with E-state index in [4.69, 9.17) is 23.6 Å². The Labute approximate surface area is 75.6 Å². The zero-order chi connectivity index (χ0) is 8.36. The average Bonchev–Trinajstić information content (AvgIpc) is 1.60. The quantitative estimate of drug-likeness (QED) is 0.293. The third-order valence-electron chi connectivity index (χ3n) is 0.494. The molecular formula is C2Cl4F2N2. The summed E-state index contributed by atoms with van der Waals surface area (Å²) in [5, 5.41) is -3.76. The van der Waals surface area contributed by atoms with Crippen LogP contribution in [-0.4, -0.2) is 15.2 Å². The van der Waals surface area contributed by atoms with Gasteiger partial charge in [0.15, 0.2) is 0 Å². The number of alkyl halides is 3. The van der Waals surface area contributed by atoms with E-state index in [0.29, 0.717) is 0 Å². The van der Waals surface area contributed by atoms with E-state index in [2.05, 4.69) is 27.9 Å². The molecule has 0 unspecified atom stereocenters. The minimum atomic E-state index is -3.76. The Morgan fingerprint density at radius 1 is 1.40 bits per heavy atom. The normalized spacial score (nSPS) is 13.6. The highest BCUT2D eigenvalue weighted by atomic mass is 35.5. The van der Waals surface area contributed by atoms with Crippen molar-refractivity contribution in [3.63, 3.8) is 0 Å². The first-order chi connectivity index (χ1) is 4.39. The Hall–Kier alpha value is 0.490. The van der Waals surface area contributed by atoms with Crippen LogP contribution in [0.2, 0.25) is 0 Å². The molecular weight excluding hydrogens is 232 g/mol. The molecule has 10 heavy (non-hydrogen) atoms. The smallest absolute Gasteiger partial charge is 0.179 e. The van der Waals surface area contributed by atoms with Crippen molar-refractivity contribution in [2.75, 3.05) is 0 Å². The van der Waals surface area contributed by atoms with Gasteiger partial charge >= 0.3 is 5.38 Å². The molecule has 0 aromatic heterocycles. The van der Waals surface area contributed by atoms with Crippen molar-refractivity contribution >= 4 is 52.8 Å². The molecule has 0 amide bonds. The number of nitrogens with zero attached hydrogens (tertiary/aromatic N) is 2. The molecule has 0 heterocycles. The third-order valence-corrected chi connectivity index (χ3v) is 1.14. The Bertz CT molecular complexity index is 141. The Morgan fingerprint density at radius 3 is 1.80 bits per heavy atom. The average molecular weight is 232 g/mol. The Balaban J connectivity index is 4.40. The molecule has 0 aliphatic carbocycles. The van der Waals surface area contributed by atoms with E-state index in [0.717, 1.165) is 0 Å². The maximum Gasteiger partial charge on any atom is 0.383 e. The highest BCUT2D eigenvalue weighted by Crippen LogP contribution is 2.25. The van der Waals surface area contributed by atoms with Crippen molar-refractivity contribution in [1.29, 1.82) is 0 Å². The van der Waals surface area contributed by atoms with Crippen molar-refractivity contribution in [3.8, 4) is 0 Å². The lowest BCUT2D eigenvalue weighted by atomic mass is 10.6. The summed E-state index contributed by atoms with van der Waals surface area (Å²) in [5.41, 5.74) is 0. The van der Waals surface area contributed by atoms with Gasteiger partial charge in [0.25, 0.3) is 0 Å². The molecule has 60 valence electrons. The minimum Gasteiger partial charge on any atom is -0.179 e. The second kappa shape index (κ2) is 3.76. The fourth-order valence-electron chi connectivity index (χ4n) is 0.172. The standard InChI is InChI=1S/C2Cl4F2N2/c3-2(7,8)1(9-4)10(5)6. The fraction of sp³-hybridized carbons (Fsp3) is 0.500. The molecule has 0 rings (SSSR count). The van der Waals surface area contributed by atoms with E-state index in [1.54, 1.807) is 0 Å². The summed E-state index contributed by atoms with van der Waals surface area (Å²) >= 11 is 18.8. The van der Waals surface area contributed by atoms with Crippen molar-refractivity contribution in [2.45, 2.75) is 5.38 Å². The molecule has 0 aliphatic rings. The summed E-state index contributed by atoms with van der Waals surface area (Å²) in [5.74, 6) is -1.14. The molecule has 0 bridgehead atoms. The van der Waals surface area contributed by atoms with Crippen LogP contribution in [0.1, 0.15) is 0 Å². The first-order valence-electron chi connectivity index (χ1n) is 1.77. The molecule has 0 fully saturated rings. The minimum absolute atomic E-state index is 0.0139.